The van der Waals surface area contributed by atoms with Gasteiger partial charge in [-0.3, -0.25) is 4.90 Å². The average molecular weight is 311 g/mol. The highest BCUT2D eigenvalue weighted by Crippen LogP contribution is 2.22. The third-order valence-electron chi connectivity index (χ3n) is 4.28. The molecule has 0 atom stereocenters. The van der Waals surface area contributed by atoms with Crippen LogP contribution in [0, 0.1) is 0 Å². The summed E-state index contributed by atoms with van der Waals surface area (Å²) in [6, 6.07) is 10.2. The number of hydrogen-bond acceptors (Lipinski definition) is 5. The number of aromatic nitrogens is 3. The molecule has 1 aliphatic rings. The van der Waals surface area contributed by atoms with Crippen LogP contribution in [0.25, 0.3) is 16.6 Å². The number of hydrogen-bond donors (Lipinski definition) is 1. The number of ether oxygens (including phenoxy) is 1. The summed E-state index contributed by atoms with van der Waals surface area (Å²) in [5.41, 5.74) is 1.96. The molecule has 0 spiro atoms. The lowest BCUT2D eigenvalue weighted by Gasteiger charge is -2.26. The first-order chi connectivity index (χ1) is 11.4. The summed E-state index contributed by atoms with van der Waals surface area (Å²) in [7, 11) is 0. The summed E-state index contributed by atoms with van der Waals surface area (Å²) in [6.07, 6.45) is 2.89. The molecule has 0 aliphatic carbocycles. The zero-order valence-corrected chi connectivity index (χ0v) is 13.1. The van der Waals surface area contributed by atoms with Gasteiger partial charge < -0.3 is 10.1 Å². The van der Waals surface area contributed by atoms with E-state index in [0.717, 1.165) is 68.2 Å². The van der Waals surface area contributed by atoms with Gasteiger partial charge in [0.15, 0.2) is 5.65 Å². The molecule has 3 heterocycles. The number of fused-ring (bicyclic) bond motifs is 3. The highest BCUT2D eigenvalue weighted by molar-refractivity contribution is 5.91. The monoisotopic (exact) mass is 311 g/mol. The van der Waals surface area contributed by atoms with Gasteiger partial charge in [0.1, 0.15) is 5.82 Å². The Hall–Kier alpha value is -2.18. The van der Waals surface area contributed by atoms with Gasteiger partial charge in [0.25, 0.3) is 0 Å². The van der Waals surface area contributed by atoms with E-state index in [9.17, 15) is 0 Å². The molecule has 6 nitrogen and oxygen atoms in total. The summed E-state index contributed by atoms with van der Waals surface area (Å²) in [5, 5.41) is 8.96. The SMILES string of the molecule is c1ccc2c(c1)c(NCCCN1CCOCC1)nc1ccnn12. The van der Waals surface area contributed by atoms with E-state index >= 15 is 0 Å². The molecule has 0 unspecified atom stereocenters. The van der Waals surface area contributed by atoms with Gasteiger partial charge >= 0.3 is 0 Å². The Morgan fingerprint density at radius 1 is 1.13 bits per heavy atom. The molecule has 6 heteroatoms. The largest absolute Gasteiger partial charge is 0.379 e. The molecule has 1 N–H and O–H groups in total. The molecule has 0 radical (unpaired) electrons. The van der Waals surface area contributed by atoms with Crippen LogP contribution in [-0.2, 0) is 4.74 Å². The Balaban J connectivity index is 1.47. The second-order valence-electron chi connectivity index (χ2n) is 5.81. The van der Waals surface area contributed by atoms with E-state index in [4.69, 9.17) is 9.72 Å². The van der Waals surface area contributed by atoms with Crippen LogP contribution < -0.4 is 5.32 Å². The zero-order chi connectivity index (χ0) is 15.5. The van der Waals surface area contributed by atoms with Gasteiger partial charge in [-0.1, -0.05) is 12.1 Å². The topological polar surface area (TPSA) is 54.7 Å². The van der Waals surface area contributed by atoms with Gasteiger partial charge in [-0.15, -0.1) is 0 Å². The molecule has 0 amide bonds. The van der Waals surface area contributed by atoms with E-state index < -0.39 is 0 Å². The van der Waals surface area contributed by atoms with Crippen LogP contribution in [0.1, 0.15) is 6.42 Å². The minimum atomic E-state index is 0.859. The number of nitrogens with one attached hydrogen (secondary N) is 1. The number of benzene rings is 1. The van der Waals surface area contributed by atoms with Crippen LogP contribution in [0.3, 0.4) is 0 Å². The van der Waals surface area contributed by atoms with E-state index in [2.05, 4.69) is 27.4 Å². The molecule has 4 rings (SSSR count). The first kappa shape index (κ1) is 14.4. The number of morpholine rings is 1. The molecular formula is C17H21N5O. The van der Waals surface area contributed by atoms with Crippen LogP contribution in [0.4, 0.5) is 5.82 Å². The molecule has 1 fully saturated rings. The number of rotatable bonds is 5. The smallest absolute Gasteiger partial charge is 0.158 e. The van der Waals surface area contributed by atoms with Crippen molar-refractivity contribution in [2.45, 2.75) is 6.42 Å². The third kappa shape index (κ3) is 3.00. The van der Waals surface area contributed by atoms with E-state index in [1.54, 1.807) is 6.20 Å². The van der Waals surface area contributed by atoms with Crippen molar-refractivity contribution in [3.63, 3.8) is 0 Å². The van der Waals surface area contributed by atoms with Crippen LogP contribution in [0.2, 0.25) is 0 Å². The maximum Gasteiger partial charge on any atom is 0.158 e. The first-order valence-corrected chi connectivity index (χ1v) is 8.18. The highest BCUT2D eigenvalue weighted by Gasteiger charge is 2.10. The molecule has 1 aromatic carbocycles. The standard InChI is InChI=1S/C17H21N5O/c1-2-5-15-14(4-1)17(20-16-6-8-19-22(15)16)18-7-3-9-21-10-12-23-13-11-21/h1-2,4-6,8H,3,7,9-13H2,(H,18,20). The minimum absolute atomic E-state index is 0.859. The molecule has 120 valence electrons. The Morgan fingerprint density at radius 3 is 2.91 bits per heavy atom. The maximum atomic E-state index is 5.38. The summed E-state index contributed by atoms with van der Waals surface area (Å²) in [5.74, 6) is 0.940. The molecule has 23 heavy (non-hydrogen) atoms. The zero-order valence-electron chi connectivity index (χ0n) is 13.1. The molecule has 3 aromatic rings. The second kappa shape index (κ2) is 6.52. The Labute approximate surface area is 135 Å². The van der Waals surface area contributed by atoms with Gasteiger partial charge in [0.2, 0.25) is 0 Å². The Bertz CT molecular complexity index is 794. The summed E-state index contributed by atoms with van der Waals surface area (Å²) >= 11 is 0. The second-order valence-corrected chi connectivity index (χ2v) is 5.81. The summed E-state index contributed by atoms with van der Waals surface area (Å²) in [6.45, 7) is 5.82. The van der Waals surface area contributed by atoms with Crippen molar-refractivity contribution >= 4 is 22.4 Å². The van der Waals surface area contributed by atoms with Gasteiger partial charge in [-0.25, -0.2) is 9.50 Å². The fraction of sp³-hybridized carbons (Fsp3) is 0.412. The fourth-order valence-electron chi connectivity index (χ4n) is 3.07. The molecule has 2 aromatic heterocycles. The van der Waals surface area contributed by atoms with Gasteiger partial charge in [0.05, 0.1) is 24.9 Å². The summed E-state index contributed by atoms with van der Waals surface area (Å²) in [4.78, 5) is 7.16. The fourth-order valence-corrected chi connectivity index (χ4v) is 3.07. The van der Waals surface area contributed by atoms with Crippen LogP contribution in [0.5, 0.6) is 0 Å². The lowest BCUT2D eigenvalue weighted by molar-refractivity contribution is 0.0378. The normalized spacial score (nSPS) is 16.2. The molecule has 1 aliphatic heterocycles. The first-order valence-electron chi connectivity index (χ1n) is 8.18. The quantitative estimate of drug-likeness (QED) is 0.731. The lowest BCUT2D eigenvalue weighted by atomic mass is 10.2. The van der Waals surface area contributed by atoms with E-state index in [1.165, 1.54) is 0 Å². The van der Waals surface area contributed by atoms with Gasteiger partial charge in [-0.2, -0.15) is 5.10 Å². The molecule has 0 bridgehead atoms. The van der Waals surface area contributed by atoms with Crippen molar-refractivity contribution in [3.8, 4) is 0 Å². The highest BCUT2D eigenvalue weighted by atomic mass is 16.5. The van der Waals surface area contributed by atoms with Crippen molar-refractivity contribution in [2.24, 2.45) is 0 Å². The maximum absolute atomic E-state index is 5.38. The molecule has 0 saturated carbocycles. The van der Waals surface area contributed by atoms with Crippen molar-refractivity contribution in [1.29, 1.82) is 0 Å². The minimum Gasteiger partial charge on any atom is -0.379 e. The van der Waals surface area contributed by atoms with Crippen molar-refractivity contribution in [2.75, 3.05) is 44.7 Å². The molecular weight excluding hydrogens is 290 g/mol. The lowest BCUT2D eigenvalue weighted by Crippen LogP contribution is -2.37. The number of nitrogens with zero attached hydrogens (tertiary/aromatic N) is 4. The predicted octanol–water partition coefficient (Wildman–Crippen LogP) is 2.02. The number of para-hydroxylation sites is 1. The van der Waals surface area contributed by atoms with Gasteiger partial charge in [-0.05, 0) is 25.1 Å². The summed E-state index contributed by atoms with van der Waals surface area (Å²) < 4.78 is 7.26. The predicted molar refractivity (Wildman–Crippen MR) is 90.9 cm³/mol. The van der Waals surface area contributed by atoms with E-state index in [0.29, 0.717) is 0 Å². The van der Waals surface area contributed by atoms with E-state index in [1.807, 2.05) is 22.7 Å². The van der Waals surface area contributed by atoms with Crippen LogP contribution in [-0.4, -0.2) is 58.9 Å². The average Bonchev–Trinajstić information content (AvgIpc) is 3.08. The Morgan fingerprint density at radius 2 is 2.00 bits per heavy atom. The van der Waals surface area contributed by atoms with Crippen LogP contribution >= 0.6 is 0 Å². The van der Waals surface area contributed by atoms with Crippen molar-refractivity contribution in [3.05, 3.63) is 36.5 Å². The van der Waals surface area contributed by atoms with Crippen LogP contribution in [0.15, 0.2) is 36.5 Å². The van der Waals surface area contributed by atoms with Crippen molar-refractivity contribution < 1.29 is 4.74 Å². The molecule has 1 saturated heterocycles. The third-order valence-corrected chi connectivity index (χ3v) is 4.28. The van der Waals surface area contributed by atoms with E-state index in [-0.39, 0.29) is 0 Å². The number of anilines is 1. The Kier molecular flexibility index (Phi) is 4.08. The van der Waals surface area contributed by atoms with Gasteiger partial charge in [0, 0.05) is 31.1 Å². The van der Waals surface area contributed by atoms with Crippen molar-refractivity contribution in [1.82, 2.24) is 19.5 Å².